The Morgan fingerprint density at radius 2 is 1.79 bits per heavy atom. The first-order valence-corrected chi connectivity index (χ1v) is 8.77. The van der Waals surface area contributed by atoms with E-state index in [-0.39, 0.29) is 17.7 Å². The fourth-order valence-corrected chi connectivity index (χ4v) is 3.47. The average molecular weight is 331 g/mol. The second-order valence-corrected chi connectivity index (χ2v) is 6.39. The molecule has 130 valence electrons. The summed E-state index contributed by atoms with van der Waals surface area (Å²) in [6.07, 6.45) is 5.79. The van der Waals surface area contributed by atoms with Gasteiger partial charge in [0.05, 0.1) is 5.92 Å². The molecule has 2 aliphatic rings. The summed E-state index contributed by atoms with van der Waals surface area (Å²) in [7, 11) is 0. The summed E-state index contributed by atoms with van der Waals surface area (Å²) in [5, 5.41) is 0. The largest absolute Gasteiger partial charge is 0.342 e. The highest BCUT2D eigenvalue weighted by Gasteiger charge is 2.32. The van der Waals surface area contributed by atoms with E-state index in [4.69, 9.17) is 0 Å². The van der Waals surface area contributed by atoms with E-state index in [1.165, 1.54) is 0 Å². The van der Waals surface area contributed by atoms with Crippen LogP contribution in [0.4, 0.5) is 5.95 Å². The third-order valence-electron chi connectivity index (χ3n) is 4.85. The number of hydrogen-bond acceptors (Lipinski definition) is 5. The molecule has 2 amide bonds. The van der Waals surface area contributed by atoms with Crippen LogP contribution in [0.2, 0.25) is 0 Å². The number of piperidine rings is 1. The summed E-state index contributed by atoms with van der Waals surface area (Å²) in [4.78, 5) is 39.1. The van der Waals surface area contributed by atoms with Gasteiger partial charge in [-0.05, 0) is 18.9 Å². The Morgan fingerprint density at radius 3 is 2.46 bits per heavy atom. The van der Waals surface area contributed by atoms with Crippen LogP contribution in [0.5, 0.6) is 0 Å². The van der Waals surface area contributed by atoms with Crippen molar-refractivity contribution in [3.05, 3.63) is 18.5 Å². The zero-order chi connectivity index (χ0) is 16.9. The number of likely N-dealkylation sites (tertiary alicyclic amines) is 1. The van der Waals surface area contributed by atoms with Crippen LogP contribution in [-0.4, -0.2) is 70.9 Å². The number of piperazine rings is 1. The van der Waals surface area contributed by atoms with Gasteiger partial charge in [-0.3, -0.25) is 9.59 Å². The number of carbonyl (C=O) groups excluding carboxylic acids is 2. The lowest BCUT2D eigenvalue weighted by atomic mass is 9.96. The van der Waals surface area contributed by atoms with E-state index in [2.05, 4.69) is 14.9 Å². The monoisotopic (exact) mass is 331 g/mol. The molecule has 1 aromatic rings. The molecule has 3 rings (SSSR count). The predicted octanol–water partition coefficient (Wildman–Crippen LogP) is 0.774. The first kappa shape index (κ1) is 16.7. The van der Waals surface area contributed by atoms with E-state index in [0.29, 0.717) is 26.1 Å². The van der Waals surface area contributed by atoms with Gasteiger partial charge < -0.3 is 14.7 Å². The SMILES string of the molecule is CCC(=O)N1CCC[C@@H](C(=O)N2CCN(c3ncccn3)CC2)C1. The maximum absolute atomic E-state index is 12.8. The number of carbonyl (C=O) groups is 2. The molecule has 0 N–H and O–H groups in total. The number of aromatic nitrogens is 2. The summed E-state index contributed by atoms with van der Waals surface area (Å²) in [5.74, 6) is 1.02. The van der Waals surface area contributed by atoms with Crippen LogP contribution in [-0.2, 0) is 9.59 Å². The molecule has 0 unspecified atom stereocenters. The fraction of sp³-hybridized carbons (Fsp3) is 0.647. The van der Waals surface area contributed by atoms with Crippen molar-refractivity contribution in [1.82, 2.24) is 19.8 Å². The van der Waals surface area contributed by atoms with Crippen molar-refractivity contribution in [2.45, 2.75) is 26.2 Å². The maximum Gasteiger partial charge on any atom is 0.227 e. The first-order chi connectivity index (χ1) is 11.7. The quantitative estimate of drug-likeness (QED) is 0.818. The summed E-state index contributed by atoms with van der Waals surface area (Å²) < 4.78 is 0. The van der Waals surface area contributed by atoms with Crippen molar-refractivity contribution in [2.24, 2.45) is 5.92 Å². The highest BCUT2D eigenvalue weighted by molar-refractivity contribution is 5.81. The summed E-state index contributed by atoms with van der Waals surface area (Å²) >= 11 is 0. The van der Waals surface area contributed by atoms with Crippen LogP contribution in [0.25, 0.3) is 0 Å². The molecule has 0 aromatic carbocycles. The number of hydrogen-bond donors (Lipinski definition) is 0. The highest BCUT2D eigenvalue weighted by Crippen LogP contribution is 2.21. The highest BCUT2D eigenvalue weighted by atomic mass is 16.2. The summed E-state index contributed by atoms with van der Waals surface area (Å²) in [6, 6.07) is 1.80. The Labute approximate surface area is 142 Å². The van der Waals surface area contributed by atoms with Gasteiger partial charge in [-0.1, -0.05) is 6.92 Å². The van der Waals surface area contributed by atoms with Gasteiger partial charge in [0.15, 0.2) is 0 Å². The minimum atomic E-state index is -0.0474. The molecule has 2 saturated heterocycles. The summed E-state index contributed by atoms with van der Waals surface area (Å²) in [5.41, 5.74) is 0. The molecule has 0 saturated carbocycles. The number of rotatable bonds is 3. The minimum Gasteiger partial charge on any atom is -0.342 e. The zero-order valence-corrected chi connectivity index (χ0v) is 14.2. The Balaban J connectivity index is 1.54. The fourth-order valence-electron chi connectivity index (χ4n) is 3.47. The van der Waals surface area contributed by atoms with Crippen molar-refractivity contribution >= 4 is 17.8 Å². The molecule has 7 heteroatoms. The van der Waals surface area contributed by atoms with Crippen LogP contribution < -0.4 is 4.90 Å². The summed E-state index contributed by atoms with van der Waals surface area (Å²) in [6.45, 7) is 6.12. The number of nitrogens with zero attached hydrogens (tertiary/aromatic N) is 5. The van der Waals surface area contributed by atoms with Gasteiger partial charge in [-0.25, -0.2) is 9.97 Å². The Kier molecular flexibility index (Phi) is 5.27. The lowest BCUT2D eigenvalue weighted by molar-refractivity contribution is -0.141. The Bertz CT molecular complexity index is 572. The van der Waals surface area contributed by atoms with Crippen LogP contribution in [0.15, 0.2) is 18.5 Å². The molecule has 0 radical (unpaired) electrons. The van der Waals surface area contributed by atoms with Gasteiger partial charge >= 0.3 is 0 Å². The molecule has 7 nitrogen and oxygen atoms in total. The predicted molar refractivity (Wildman–Crippen MR) is 90.4 cm³/mol. The van der Waals surface area contributed by atoms with E-state index < -0.39 is 0 Å². The van der Waals surface area contributed by atoms with Crippen molar-refractivity contribution in [1.29, 1.82) is 0 Å². The van der Waals surface area contributed by atoms with Gasteiger partial charge in [-0.2, -0.15) is 0 Å². The average Bonchev–Trinajstić information content (AvgIpc) is 2.67. The molecule has 24 heavy (non-hydrogen) atoms. The Morgan fingerprint density at radius 1 is 1.08 bits per heavy atom. The molecular formula is C17H25N5O2. The third kappa shape index (κ3) is 3.66. The number of amides is 2. The van der Waals surface area contributed by atoms with Gasteiger partial charge in [0.25, 0.3) is 0 Å². The lowest BCUT2D eigenvalue weighted by Gasteiger charge is -2.39. The standard InChI is InChI=1S/C17H25N5O2/c1-2-15(23)22-8-3-5-14(13-22)16(24)20-9-11-21(12-10-20)17-18-6-4-7-19-17/h4,6-7,14H,2-3,5,8-13H2,1H3/t14-/m1/s1. The van der Waals surface area contributed by atoms with Crippen molar-refractivity contribution < 1.29 is 9.59 Å². The zero-order valence-electron chi connectivity index (χ0n) is 14.2. The molecule has 1 atom stereocenters. The minimum absolute atomic E-state index is 0.0474. The smallest absolute Gasteiger partial charge is 0.227 e. The van der Waals surface area contributed by atoms with Crippen LogP contribution >= 0.6 is 0 Å². The van der Waals surface area contributed by atoms with Crippen LogP contribution in [0, 0.1) is 5.92 Å². The Hall–Kier alpha value is -2.18. The van der Waals surface area contributed by atoms with E-state index >= 15 is 0 Å². The molecule has 3 heterocycles. The van der Waals surface area contributed by atoms with E-state index in [1.54, 1.807) is 18.5 Å². The van der Waals surface area contributed by atoms with Crippen molar-refractivity contribution in [2.75, 3.05) is 44.2 Å². The lowest BCUT2D eigenvalue weighted by Crippen LogP contribution is -2.53. The normalized spacial score (nSPS) is 21.7. The van der Waals surface area contributed by atoms with Crippen LogP contribution in [0.1, 0.15) is 26.2 Å². The molecule has 0 bridgehead atoms. The molecule has 2 aliphatic heterocycles. The van der Waals surface area contributed by atoms with E-state index in [1.807, 2.05) is 16.7 Å². The first-order valence-electron chi connectivity index (χ1n) is 8.77. The van der Waals surface area contributed by atoms with Gasteiger partial charge in [0, 0.05) is 58.1 Å². The molecule has 2 fully saturated rings. The van der Waals surface area contributed by atoms with Gasteiger partial charge in [-0.15, -0.1) is 0 Å². The van der Waals surface area contributed by atoms with Crippen molar-refractivity contribution in [3.63, 3.8) is 0 Å². The second-order valence-electron chi connectivity index (χ2n) is 6.39. The molecular weight excluding hydrogens is 306 g/mol. The molecule has 1 aromatic heterocycles. The second kappa shape index (κ2) is 7.59. The van der Waals surface area contributed by atoms with E-state index in [9.17, 15) is 9.59 Å². The van der Waals surface area contributed by atoms with E-state index in [0.717, 1.165) is 38.4 Å². The number of anilines is 1. The topological polar surface area (TPSA) is 69.6 Å². The molecule has 0 aliphatic carbocycles. The van der Waals surface area contributed by atoms with Gasteiger partial charge in [0.1, 0.15) is 0 Å². The molecule has 0 spiro atoms. The maximum atomic E-state index is 12.8. The third-order valence-corrected chi connectivity index (χ3v) is 4.85. The van der Waals surface area contributed by atoms with Crippen LogP contribution in [0.3, 0.4) is 0 Å². The van der Waals surface area contributed by atoms with Gasteiger partial charge in [0.2, 0.25) is 17.8 Å². The van der Waals surface area contributed by atoms with Crippen molar-refractivity contribution in [3.8, 4) is 0 Å².